The lowest BCUT2D eigenvalue weighted by molar-refractivity contribution is -0.115. The Labute approximate surface area is 143 Å². The van der Waals surface area contributed by atoms with Crippen LogP contribution in [0.3, 0.4) is 0 Å². The van der Waals surface area contributed by atoms with Gasteiger partial charge >= 0.3 is 0 Å². The highest BCUT2D eigenvalue weighted by Crippen LogP contribution is 2.29. The zero-order valence-electron chi connectivity index (χ0n) is 13.4. The van der Waals surface area contributed by atoms with Crippen LogP contribution in [0.2, 0.25) is 0 Å². The van der Waals surface area contributed by atoms with Gasteiger partial charge in [-0.2, -0.15) is 0 Å². The average Bonchev–Trinajstić information content (AvgIpc) is 3.25. The van der Waals surface area contributed by atoms with Crippen molar-refractivity contribution in [2.75, 3.05) is 19.5 Å². The summed E-state index contributed by atoms with van der Waals surface area (Å²) in [6.07, 6.45) is 5.85. The molecule has 0 fully saturated rings. The first-order chi connectivity index (χ1) is 11.7. The molecule has 0 spiro atoms. The minimum absolute atomic E-state index is 0.107. The van der Waals surface area contributed by atoms with Crippen molar-refractivity contribution in [2.45, 2.75) is 6.42 Å². The minimum atomic E-state index is -0.107. The van der Waals surface area contributed by atoms with Crippen LogP contribution in [-0.2, 0) is 11.2 Å². The molecule has 0 bridgehead atoms. The van der Waals surface area contributed by atoms with Gasteiger partial charge in [-0.1, -0.05) is 0 Å². The van der Waals surface area contributed by atoms with Crippen LogP contribution in [0.25, 0.3) is 5.13 Å². The molecular weight excluding hydrogens is 326 g/mol. The second-order valence-electron chi connectivity index (χ2n) is 4.99. The fourth-order valence-corrected chi connectivity index (χ4v) is 3.11. The number of hydrogen-bond acceptors (Lipinski definition) is 5. The zero-order chi connectivity index (χ0) is 16.9. The van der Waals surface area contributed by atoms with E-state index in [-0.39, 0.29) is 12.3 Å². The van der Waals surface area contributed by atoms with Crippen molar-refractivity contribution in [1.82, 2.24) is 9.55 Å². The van der Waals surface area contributed by atoms with E-state index in [1.54, 1.807) is 38.6 Å². The van der Waals surface area contributed by atoms with E-state index in [0.717, 1.165) is 10.0 Å². The van der Waals surface area contributed by atoms with Gasteiger partial charge in [0, 0.05) is 35.2 Å². The molecule has 6 nitrogen and oxygen atoms in total. The number of nitrogens with zero attached hydrogens (tertiary/aromatic N) is 2. The minimum Gasteiger partial charge on any atom is -0.493 e. The Kier molecular flexibility index (Phi) is 4.81. The first kappa shape index (κ1) is 16.1. The highest BCUT2D eigenvalue weighted by atomic mass is 32.1. The van der Waals surface area contributed by atoms with Crippen LogP contribution >= 0.6 is 11.3 Å². The van der Waals surface area contributed by atoms with Gasteiger partial charge in [0.15, 0.2) is 16.6 Å². The number of thiazole rings is 1. The number of ether oxygens (including phenoxy) is 2. The molecule has 0 aliphatic heterocycles. The third-order valence-corrected chi connectivity index (χ3v) is 4.38. The van der Waals surface area contributed by atoms with Gasteiger partial charge in [-0.25, -0.2) is 4.98 Å². The fourth-order valence-electron chi connectivity index (χ4n) is 2.24. The van der Waals surface area contributed by atoms with Gasteiger partial charge in [0.05, 0.1) is 20.6 Å². The SMILES string of the molecule is COc1ccc(NC(=O)Cc2cnc(-n3cccc3)s2)cc1OC. The standard InChI is InChI=1S/C17H17N3O3S/c1-22-14-6-5-12(9-15(14)23-2)19-16(21)10-13-11-18-17(24-13)20-7-3-4-8-20/h3-9,11H,10H2,1-2H3,(H,19,21). The molecule has 2 aromatic heterocycles. The van der Waals surface area contributed by atoms with E-state index >= 15 is 0 Å². The lowest BCUT2D eigenvalue weighted by Gasteiger charge is -2.10. The highest BCUT2D eigenvalue weighted by Gasteiger charge is 2.10. The summed E-state index contributed by atoms with van der Waals surface area (Å²) in [7, 11) is 3.13. The molecule has 0 radical (unpaired) electrons. The van der Waals surface area contributed by atoms with E-state index in [9.17, 15) is 4.79 Å². The van der Waals surface area contributed by atoms with Gasteiger partial charge in [0.1, 0.15) is 0 Å². The summed E-state index contributed by atoms with van der Waals surface area (Å²) in [5.74, 6) is 1.09. The predicted molar refractivity (Wildman–Crippen MR) is 93.3 cm³/mol. The second-order valence-corrected chi connectivity index (χ2v) is 6.09. The van der Waals surface area contributed by atoms with E-state index in [1.165, 1.54) is 11.3 Å². The fraction of sp³-hybridized carbons (Fsp3) is 0.176. The number of nitrogens with one attached hydrogen (secondary N) is 1. The van der Waals surface area contributed by atoms with E-state index in [2.05, 4.69) is 10.3 Å². The Bertz CT molecular complexity index is 827. The first-order valence-electron chi connectivity index (χ1n) is 7.29. The van der Waals surface area contributed by atoms with Crippen LogP contribution < -0.4 is 14.8 Å². The summed E-state index contributed by atoms with van der Waals surface area (Å²) in [6.45, 7) is 0. The van der Waals surface area contributed by atoms with Crippen molar-refractivity contribution in [3.63, 3.8) is 0 Å². The molecule has 7 heteroatoms. The van der Waals surface area contributed by atoms with Crippen molar-refractivity contribution < 1.29 is 14.3 Å². The van der Waals surface area contributed by atoms with E-state index < -0.39 is 0 Å². The molecule has 0 aliphatic rings. The average molecular weight is 343 g/mol. The number of rotatable bonds is 6. The first-order valence-corrected chi connectivity index (χ1v) is 8.11. The van der Waals surface area contributed by atoms with Crippen LogP contribution in [-0.4, -0.2) is 29.7 Å². The van der Waals surface area contributed by atoms with Gasteiger partial charge in [-0.3, -0.25) is 4.79 Å². The zero-order valence-corrected chi connectivity index (χ0v) is 14.2. The summed E-state index contributed by atoms with van der Waals surface area (Å²) in [6, 6.07) is 9.13. The Morgan fingerprint density at radius 3 is 2.67 bits per heavy atom. The van der Waals surface area contributed by atoms with E-state index in [1.807, 2.05) is 29.1 Å². The van der Waals surface area contributed by atoms with Crippen molar-refractivity contribution in [1.29, 1.82) is 0 Å². The molecule has 0 atom stereocenters. The summed E-state index contributed by atoms with van der Waals surface area (Å²) < 4.78 is 12.3. The number of benzene rings is 1. The molecule has 24 heavy (non-hydrogen) atoms. The number of carbonyl (C=O) groups is 1. The molecule has 0 saturated carbocycles. The van der Waals surface area contributed by atoms with Crippen LogP contribution in [0.15, 0.2) is 48.9 Å². The van der Waals surface area contributed by atoms with Crippen LogP contribution in [0.1, 0.15) is 4.88 Å². The lowest BCUT2D eigenvalue weighted by atomic mass is 10.2. The van der Waals surface area contributed by atoms with Crippen LogP contribution in [0, 0.1) is 0 Å². The maximum Gasteiger partial charge on any atom is 0.229 e. The summed E-state index contributed by atoms with van der Waals surface area (Å²) in [5.41, 5.74) is 0.660. The van der Waals surface area contributed by atoms with Gasteiger partial charge < -0.3 is 19.4 Å². The highest BCUT2D eigenvalue weighted by molar-refractivity contribution is 7.14. The number of amides is 1. The number of hydrogen-bond donors (Lipinski definition) is 1. The van der Waals surface area contributed by atoms with Crippen molar-refractivity contribution in [2.24, 2.45) is 0 Å². The normalized spacial score (nSPS) is 10.4. The maximum absolute atomic E-state index is 12.2. The quantitative estimate of drug-likeness (QED) is 0.747. The lowest BCUT2D eigenvalue weighted by Crippen LogP contribution is -2.13. The molecule has 3 aromatic rings. The monoisotopic (exact) mass is 343 g/mol. The number of anilines is 1. The molecule has 0 saturated heterocycles. The molecule has 1 aromatic carbocycles. The maximum atomic E-state index is 12.2. The second kappa shape index (κ2) is 7.18. The Hall–Kier alpha value is -2.80. The largest absolute Gasteiger partial charge is 0.493 e. The van der Waals surface area contributed by atoms with Crippen LogP contribution in [0.5, 0.6) is 11.5 Å². The predicted octanol–water partition coefficient (Wildman–Crippen LogP) is 3.13. The number of methoxy groups -OCH3 is 2. The Morgan fingerprint density at radius 1 is 1.21 bits per heavy atom. The van der Waals surface area contributed by atoms with Crippen molar-refractivity contribution in [3.8, 4) is 16.6 Å². The molecule has 0 unspecified atom stereocenters. The number of aromatic nitrogens is 2. The number of carbonyl (C=O) groups excluding carboxylic acids is 1. The Balaban J connectivity index is 1.65. The van der Waals surface area contributed by atoms with Gasteiger partial charge in [-0.05, 0) is 24.3 Å². The molecule has 3 rings (SSSR count). The van der Waals surface area contributed by atoms with Gasteiger partial charge in [-0.15, -0.1) is 11.3 Å². The van der Waals surface area contributed by atoms with Crippen molar-refractivity contribution >= 4 is 22.9 Å². The third kappa shape index (κ3) is 3.57. The molecule has 1 N–H and O–H groups in total. The van der Waals surface area contributed by atoms with Crippen molar-refractivity contribution in [3.05, 3.63) is 53.8 Å². The van der Waals surface area contributed by atoms with Crippen LogP contribution in [0.4, 0.5) is 5.69 Å². The van der Waals surface area contributed by atoms with Gasteiger partial charge in [0.2, 0.25) is 5.91 Å². The molecule has 124 valence electrons. The topological polar surface area (TPSA) is 65.4 Å². The molecule has 1 amide bonds. The third-order valence-electron chi connectivity index (χ3n) is 3.37. The molecule has 0 aliphatic carbocycles. The summed E-state index contributed by atoms with van der Waals surface area (Å²) in [4.78, 5) is 17.5. The molecule has 2 heterocycles. The molecular formula is C17H17N3O3S. The van der Waals surface area contributed by atoms with Gasteiger partial charge in [0.25, 0.3) is 0 Å². The van der Waals surface area contributed by atoms with E-state index in [0.29, 0.717) is 17.2 Å². The smallest absolute Gasteiger partial charge is 0.229 e. The van der Waals surface area contributed by atoms with E-state index in [4.69, 9.17) is 9.47 Å². The summed E-state index contributed by atoms with van der Waals surface area (Å²) >= 11 is 1.49. The summed E-state index contributed by atoms with van der Waals surface area (Å²) in [5, 5.41) is 3.70. The Morgan fingerprint density at radius 2 is 1.96 bits per heavy atom.